The molecule has 1 N–H and O–H groups in total. The molecule has 1 amide bonds. The molecule has 1 aromatic carbocycles. The Morgan fingerprint density at radius 3 is 2.42 bits per heavy atom. The number of aliphatic carboxylic acids is 1. The van der Waals surface area contributed by atoms with Crippen LogP contribution < -0.4 is 0 Å². The van der Waals surface area contributed by atoms with Crippen molar-refractivity contribution in [3.8, 4) is 0 Å². The minimum atomic E-state index is -0.895. The van der Waals surface area contributed by atoms with Crippen LogP contribution in [-0.4, -0.2) is 47.7 Å². The summed E-state index contributed by atoms with van der Waals surface area (Å²) in [5.74, 6) is -0.197. The molecule has 1 aliphatic heterocycles. The zero-order chi connectivity index (χ0) is 17.7. The summed E-state index contributed by atoms with van der Waals surface area (Å²) in [5, 5.41) is 8.86. The first-order chi connectivity index (χ1) is 11.4. The maximum absolute atomic E-state index is 12.5. The quantitative estimate of drug-likeness (QED) is 0.869. The topological polar surface area (TPSA) is 66.8 Å². The largest absolute Gasteiger partial charge is 0.481 e. The van der Waals surface area contributed by atoms with Crippen molar-refractivity contribution < 1.29 is 19.4 Å². The van der Waals surface area contributed by atoms with Crippen molar-refractivity contribution in [3.05, 3.63) is 35.4 Å². The van der Waals surface area contributed by atoms with Gasteiger partial charge in [0, 0.05) is 19.5 Å². The standard InChI is InChI=1S/C19H27NO4/c1-13(2)15-4-6-16(7-5-15)14(3)10-18(21)20-8-9-24-17(12-20)11-19(22)23/h4-7,13-14,17H,8-12H2,1-3H3,(H,22,23). The highest BCUT2D eigenvalue weighted by molar-refractivity contribution is 5.77. The molecule has 0 spiro atoms. The molecule has 0 radical (unpaired) electrons. The summed E-state index contributed by atoms with van der Waals surface area (Å²) in [7, 11) is 0. The molecule has 2 rings (SSSR count). The molecule has 1 aromatic rings. The van der Waals surface area contributed by atoms with Gasteiger partial charge < -0.3 is 14.7 Å². The minimum absolute atomic E-state index is 0.0595. The number of carbonyl (C=O) groups is 2. The lowest BCUT2D eigenvalue weighted by Gasteiger charge is -2.33. The number of carboxylic acid groups (broad SMARTS) is 1. The van der Waals surface area contributed by atoms with E-state index in [0.717, 1.165) is 5.56 Å². The number of rotatable bonds is 6. The molecular formula is C19H27NO4. The number of ether oxygens (including phenoxy) is 1. The van der Waals surface area contributed by atoms with Gasteiger partial charge in [0.25, 0.3) is 0 Å². The molecule has 1 heterocycles. The van der Waals surface area contributed by atoms with Gasteiger partial charge in [0.1, 0.15) is 0 Å². The average molecular weight is 333 g/mol. The number of morpholine rings is 1. The van der Waals surface area contributed by atoms with E-state index in [1.165, 1.54) is 5.56 Å². The maximum atomic E-state index is 12.5. The van der Waals surface area contributed by atoms with Crippen LogP contribution in [0.25, 0.3) is 0 Å². The Morgan fingerprint density at radius 2 is 1.83 bits per heavy atom. The number of carboxylic acids is 1. The van der Waals surface area contributed by atoms with E-state index in [-0.39, 0.29) is 18.2 Å². The van der Waals surface area contributed by atoms with E-state index in [4.69, 9.17) is 9.84 Å². The number of benzene rings is 1. The minimum Gasteiger partial charge on any atom is -0.481 e. The molecule has 2 atom stereocenters. The molecule has 0 bridgehead atoms. The van der Waals surface area contributed by atoms with E-state index < -0.39 is 12.1 Å². The van der Waals surface area contributed by atoms with Crippen molar-refractivity contribution in [2.45, 2.75) is 51.6 Å². The predicted molar refractivity (Wildman–Crippen MR) is 92.1 cm³/mol. The number of nitrogens with zero attached hydrogens (tertiary/aromatic N) is 1. The summed E-state index contributed by atoms with van der Waals surface area (Å²) in [6.07, 6.45) is -0.0302. The molecule has 1 fully saturated rings. The van der Waals surface area contributed by atoms with E-state index in [9.17, 15) is 9.59 Å². The van der Waals surface area contributed by atoms with Crippen LogP contribution in [0, 0.1) is 0 Å². The van der Waals surface area contributed by atoms with E-state index in [1.807, 2.05) is 0 Å². The molecular weight excluding hydrogens is 306 g/mol. The summed E-state index contributed by atoms with van der Waals surface area (Å²) < 4.78 is 5.42. The van der Waals surface area contributed by atoms with E-state index in [0.29, 0.717) is 32.0 Å². The molecule has 2 unspecified atom stereocenters. The smallest absolute Gasteiger partial charge is 0.306 e. The first kappa shape index (κ1) is 18.5. The molecule has 1 aliphatic rings. The number of hydrogen-bond donors (Lipinski definition) is 1. The highest BCUT2D eigenvalue weighted by Crippen LogP contribution is 2.23. The SMILES string of the molecule is CC(C)c1ccc(C(C)CC(=O)N2CCOC(CC(=O)O)C2)cc1. The van der Waals surface area contributed by atoms with Crippen LogP contribution in [0.1, 0.15) is 56.6 Å². The third-order valence-electron chi connectivity index (χ3n) is 4.55. The monoisotopic (exact) mass is 333 g/mol. The lowest BCUT2D eigenvalue weighted by atomic mass is 9.94. The Balaban J connectivity index is 1.91. The van der Waals surface area contributed by atoms with Crippen LogP contribution in [0.2, 0.25) is 0 Å². The van der Waals surface area contributed by atoms with E-state index in [2.05, 4.69) is 45.0 Å². The third kappa shape index (κ3) is 5.06. The average Bonchev–Trinajstić information content (AvgIpc) is 2.54. The molecule has 5 nitrogen and oxygen atoms in total. The summed E-state index contributed by atoms with van der Waals surface area (Å²) in [4.78, 5) is 25.0. The van der Waals surface area contributed by atoms with Crippen LogP contribution in [0.15, 0.2) is 24.3 Å². The second kappa shape index (κ2) is 8.29. The molecule has 0 saturated carbocycles. The zero-order valence-electron chi connectivity index (χ0n) is 14.7. The van der Waals surface area contributed by atoms with Gasteiger partial charge in [-0.25, -0.2) is 0 Å². The summed E-state index contributed by atoms with van der Waals surface area (Å²) in [6.45, 7) is 7.68. The van der Waals surface area contributed by atoms with Gasteiger partial charge in [0.05, 0.1) is 19.1 Å². The van der Waals surface area contributed by atoms with Gasteiger partial charge >= 0.3 is 5.97 Å². The predicted octanol–water partition coefficient (Wildman–Crippen LogP) is 3.01. The normalized spacial score (nSPS) is 19.3. The van der Waals surface area contributed by atoms with Gasteiger partial charge in [0.15, 0.2) is 0 Å². The Hall–Kier alpha value is -1.88. The van der Waals surface area contributed by atoms with Gasteiger partial charge in [-0.05, 0) is 23.0 Å². The van der Waals surface area contributed by atoms with Gasteiger partial charge in [-0.3, -0.25) is 9.59 Å². The van der Waals surface area contributed by atoms with Gasteiger partial charge in [-0.1, -0.05) is 45.0 Å². The van der Waals surface area contributed by atoms with Crippen molar-refractivity contribution >= 4 is 11.9 Å². The Kier molecular flexibility index (Phi) is 6.37. The second-order valence-corrected chi connectivity index (χ2v) is 6.86. The van der Waals surface area contributed by atoms with Crippen LogP contribution in [0.5, 0.6) is 0 Å². The maximum Gasteiger partial charge on any atom is 0.306 e. The van der Waals surface area contributed by atoms with Crippen LogP contribution in [0.4, 0.5) is 0 Å². The number of hydrogen-bond acceptors (Lipinski definition) is 3. The zero-order valence-corrected chi connectivity index (χ0v) is 14.7. The highest BCUT2D eigenvalue weighted by atomic mass is 16.5. The van der Waals surface area contributed by atoms with Crippen molar-refractivity contribution in [1.29, 1.82) is 0 Å². The summed E-state index contributed by atoms with van der Waals surface area (Å²) in [6, 6.07) is 8.44. The highest BCUT2D eigenvalue weighted by Gasteiger charge is 2.26. The van der Waals surface area contributed by atoms with Crippen molar-refractivity contribution in [1.82, 2.24) is 4.90 Å². The molecule has 0 aliphatic carbocycles. The fourth-order valence-corrected chi connectivity index (χ4v) is 2.98. The van der Waals surface area contributed by atoms with Gasteiger partial charge in [-0.15, -0.1) is 0 Å². The fourth-order valence-electron chi connectivity index (χ4n) is 2.98. The first-order valence-electron chi connectivity index (χ1n) is 8.57. The lowest BCUT2D eigenvalue weighted by molar-refractivity contribution is -0.147. The van der Waals surface area contributed by atoms with E-state index >= 15 is 0 Å². The molecule has 1 saturated heterocycles. The van der Waals surface area contributed by atoms with E-state index in [1.54, 1.807) is 4.90 Å². The molecule has 0 aromatic heterocycles. The Labute approximate surface area is 143 Å². The van der Waals surface area contributed by atoms with Gasteiger partial charge in [0.2, 0.25) is 5.91 Å². The number of amides is 1. The van der Waals surface area contributed by atoms with Crippen LogP contribution in [0.3, 0.4) is 0 Å². The van der Waals surface area contributed by atoms with Crippen LogP contribution in [-0.2, 0) is 14.3 Å². The number of carbonyl (C=O) groups excluding carboxylic acids is 1. The Bertz CT molecular complexity index is 567. The third-order valence-corrected chi connectivity index (χ3v) is 4.55. The first-order valence-corrected chi connectivity index (χ1v) is 8.57. The summed E-state index contributed by atoms with van der Waals surface area (Å²) >= 11 is 0. The lowest BCUT2D eigenvalue weighted by Crippen LogP contribution is -2.46. The summed E-state index contributed by atoms with van der Waals surface area (Å²) in [5.41, 5.74) is 2.45. The molecule has 24 heavy (non-hydrogen) atoms. The second-order valence-electron chi connectivity index (χ2n) is 6.86. The van der Waals surface area contributed by atoms with Crippen molar-refractivity contribution in [3.63, 3.8) is 0 Å². The fraction of sp³-hybridized carbons (Fsp3) is 0.579. The van der Waals surface area contributed by atoms with Crippen molar-refractivity contribution in [2.24, 2.45) is 0 Å². The molecule has 5 heteroatoms. The van der Waals surface area contributed by atoms with Crippen molar-refractivity contribution in [2.75, 3.05) is 19.7 Å². The molecule has 132 valence electrons. The Morgan fingerprint density at radius 1 is 1.21 bits per heavy atom. The van der Waals surface area contributed by atoms with Gasteiger partial charge in [-0.2, -0.15) is 0 Å². The van der Waals surface area contributed by atoms with Crippen LogP contribution >= 0.6 is 0 Å².